The fraction of sp³-hybridized carbons (Fsp3) is 0.250. The van der Waals surface area contributed by atoms with E-state index >= 15 is 0 Å². The molecule has 4 aromatic rings. The Bertz CT molecular complexity index is 1140. The number of pyridine rings is 2. The molecule has 142 valence electrons. The number of hydrogen-bond donors (Lipinski definition) is 1. The minimum Gasteiger partial charge on any atom is -0.348 e. The number of rotatable bonds is 5. The zero-order valence-electron chi connectivity index (χ0n) is 16.0. The first-order chi connectivity index (χ1) is 13.6. The summed E-state index contributed by atoms with van der Waals surface area (Å²) in [5.41, 5.74) is 1.97. The van der Waals surface area contributed by atoms with Crippen LogP contribution in [0.5, 0.6) is 0 Å². The van der Waals surface area contributed by atoms with E-state index in [4.69, 9.17) is 0 Å². The van der Waals surface area contributed by atoms with E-state index in [9.17, 15) is 4.79 Å². The molecule has 1 amide bonds. The summed E-state index contributed by atoms with van der Waals surface area (Å²) in [6.45, 7) is 6.98. The highest BCUT2D eigenvalue weighted by atomic mass is 16.1. The van der Waals surface area contributed by atoms with Gasteiger partial charge in [0, 0.05) is 30.4 Å². The Kier molecular flexibility index (Phi) is 4.60. The quantitative estimate of drug-likeness (QED) is 0.576. The Labute approximate surface area is 162 Å². The standard InChI is InChI=1S/C20H21N7O/c1-4-26-9-8-14-11-21-16(10-17(14)26)20(28)24-18-7-5-6-15(23-18)19-25-22-12-27(19)13(2)3/h5-13H,4H2,1-3H3,(H,23,24,28). The van der Waals surface area contributed by atoms with Crippen LogP contribution in [0.25, 0.3) is 22.4 Å². The van der Waals surface area contributed by atoms with Crippen molar-refractivity contribution in [1.29, 1.82) is 0 Å². The van der Waals surface area contributed by atoms with Crippen LogP contribution in [0, 0.1) is 0 Å². The first kappa shape index (κ1) is 17.8. The van der Waals surface area contributed by atoms with Gasteiger partial charge in [0.15, 0.2) is 5.82 Å². The van der Waals surface area contributed by atoms with Crippen LogP contribution >= 0.6 is 0 Å². The molecule has 0 saturated carbocycles. The average molecular weight is 375 g/mol. The molecule has 8 heteroatoms. The second-order valence-electron chi connectivity index (χ2n) is 6.75. The molecule has 0 aliphatic carbocycles. The summed E-state index contributed by atoms with van der Waals surface area (Å²) in [5, 5.41) is 12.0. The summed E-state index contributed by atoms with van der Waals surface area (Å²) in [5.74, 6) is 0.792. The Morgan fingerprint density at radius 1 is 1.25 bits per heavy atom. The number of nitrogens with zero attached hydrogens (tertiary/aromatic N) is 6. The summed E-state index contributed by atoms with van der Waals surface area (Å²) < 4.78 is 4.01. The number of fused-ring (bicyclic) bond motifs is 1. The summed E-state index contributed by atoms with van der Waals surface area (Å²) in [7, 11) is 0. The van der Waals surface area contributed by atoms with Crippen molar-refractivity contribution in [2.45, 2.75) is 33.4 Å². The summed E-state index contributed by atoms with van der Waals surface area (Å²) in [6.07, 6.45) is 5.38. The molecule has 0 aliphatic rings. The number of anilines is 1. The lowest BCUT2D eigenvalue weighted by Gasteiger charge is -2.10. The largest absolute Gasteiger partial charge is 0.348 e. The minimum atomic E-state index is -0.305. The van der Waals surface area contributed by atoms with E-state index in [0.717, 1.165) is 17.4 Å². The fourth-order valence-corrected chi connectivity index (χ4v) is 3.10. The molecule has 0 aliphatic heterocycles. The highest BCUT2D eigenvalue weighted by Gasteiger charge is 2.14. The van der Waals surface area contributed by atoms with Crippen molar-refractivity contribution in [3.63, 3.8) is 0 Å². The second kappa shape index (κ2) is 7.22. The number of nitrogens with one attached hydrogen (secondary N) is 1. The number of hydrogen-bond acceptors (Lipinski definition) is 5. The lowest BCUT2D eigenvalue weighted by Crippen LogP contribution is -2.15. The van der Waals surface area contributed by atoms with Gasteiger partial charge in [-0.3, -0.25) is 9.78 Å². The molecule has 0 atom stereocenters. The van der Waals surface area contributed by atoms with Gasteiger partial charge in [0.05, 0.1) is 5.52 Å². The van der Waals surface area contributed by atoms with Gasteiger partial charge in [-0.25, -0.2) is 4.98 Å². The predicted molar refractivity (Wildman–Crippen MR) is 107 cm³/mol. The molecule has 0 aromatic carbocycles. The van der Waals surface area contributed by atoms with Crippen LogP contribution in [-0.2, 0) is 6.54 Å². The van der Waals surface area contributed by atoms with Crippen LogP contribution in [0.1, 0.15) is 37.3 Å². The van der Waals surface area contributed by atoms with Crippen molar-refractivity contribution in [3.8, 4) is 11.5 Å². The lowest BCUT2D eigenvalue weighted by molar-refractivity contribution is 0.102. The van der Waals surface area contributed by atoms with Crippen LogP contribution < -0.4 is 5.32 Å². The van der Waals surface area contributed by atoms with Crippen molar-refractivity contribution >= 4 is 22.6 Å². The van der Waals surface area contributed by atoms with Crippen LogP contribution in [0.15, 0.2) is 49.1 Å². The summed E-state index contributed by atoms with van der Waals surface area (Å²) >= 11 is 0. The van der Waals surface area contributed by atoms with Crippen LogP contribution in [0.2, 0.25) is 0 Å². The number of carbonyl (C=O) groups excluding carboxylic acids is 1. The van der Waals surface area contributed by atoms with Crippen molar-refractivity contribution in [2.24, 2.45) is 0 Å². The predicted octanol–water partition coefficient (Wildman–Crippen LogP) is 3.54. The molecule has 0 saturated heterocycles. The summed E-state index contributed by atoms with van der Waals surface area (Å²) in [6, 6.07) is 9.41. The molecule has 0 bridgehead atoms. The number of amides is 1. The average Bonchev–Trinajstić information content (AvgIpc) is 3.34. The van der Waals surface area contributed by atoms with E-state index in [2.05, 4.69) is 37.0 Å². The lowest BCUT2D eigenvalue weighted by atomic mass is 10.2. The Balaban J connectivity index is 1.61. The van der Waals surface area contributed by atoms with Gasteiger partial charge in [-0.1, -0.05) is 6.07 Å². The van der Waals surface area contributed by atoms with E-state index in [1.54, 1.807) is 24.7 Å². The molecular formula is C20H21N7O. The number of aromatic nitrogens is 6. The molecule has 4 heterocycles. The molecule has 4 aromatic heterocycles. The van der Waals surface area contributed by atoms with Gasteiger partial charge in [-0.2, -0.15) is 0 Å². The van der Waals surface area contributed by atoms with Crippen molar-refractivity contribution < 1.29 is 4.79 Å². The van der Waals surface area contributed by atoms with E-state index in [0.29, 0.717) is 23.0 Å². The van der Waals surface area contributed by atoms with Gasteiger partial charge >= 0.3 is 0 Å². The monoisotopic (exact) mass is 375 g/mol. The molecule has 0 radical (unpaired) electrons. The van der Waals surface area contributed by atoms with E-state index in [1.165, 1.54) is 0 Å². The maximum absolute atomic E-state index is 12.7. The molecule has 0 spiro atoms. The normalized spacial score (nSPS) is 11.3. The maximum atomic E-state index is 12.7. The third kappa shape index (κ3) is 3.24. The smallest absolute Gasteiger partial charge is 0.275 e. The van der Waals surface area contributed by atoms with E-state index < -0.39 is 0 Å². The van der Waals surface area contributed by atoms with Crippen LogP contribution in [0.4, 0.5) is 5.82 Å². The first-order valence-corrected chi connectivity index (χ1v) is 9.20. The highest BCUT2D eigenvalue weighted by Crippen LogP contribution is 2.20. The van der Waals surface area contributed by atoms with Crippen molar-refractivity contribution in [3.05, 3.63) is 54.7 Å². The van der Waals surface area contributed by atoms with Crippen molar-refractivity contribution in [2.75, 3.05) is 5.32 Å². The molecular weight excluding hydrogens is 354 g/mol. The van der Waals surface area contributed by atoms with Gasteiger partial charge < -0.3 is 14.5 Å². The van der Waals surface area contributed by atoms with E-state index in [1.807, 2.05) is 42.8 Å². The molecule has 8 nitrogen and oxygen atoms in total. The van der Waals surface area contributed by atoms with Crippen molar-refractivity contribution in [1.82, 2.24) is 29.3 Å². The Morgan fingerprint density at radius 2 is 2.11 bits per heavy atom. The highest BCUT2D eigenvalue weighted by molar-refractivity contribution is 6.04. The van der Waals surface area contributed by atoms with E-state index in [-0.39, 0.29) is 11.9 Å². The van der Waals surface area contributed by atoms with Gasteiger partial charge in [0.1, 0.15) is 23.5 Å². The molecule has 4 rings (SSSR count). The SMILES string of the molecule is CCn1ccc2cnc(C(=O)Nc3cccc(-c4nncn4C(C)C)n3)cc21. The molecule has 0 unspecified atom stereocenters. The molecule has 1 N–H and O–H groups in total. The Hall–Kier alpha value is -3.55. The Morgan fingerprint density at radius 3 is 2.89 bits per heavy atom. The first-order valence-electron chi connectivity index (χ1n) is 9.20. The summed E-state index contributed by atoms with van der Waals surface area (Å²) in [4.78, 5) is 21.5. The molecule has 28 heavy (non-hydrogen) atoms. The van der Waals surface area contributed by atoms with Gasteiger partial charge in [-0.05, 0) is 45.0 Å². The van der Waals surface area contributed by atoms with Gasteiger partial charge in [0.25, 0.3) is 5.91 Å². The third-order valence-corrected chi connectivity index (χ3v) is 4.58. The van der Waals surface area contributed by atoms with Crippen LogP contribution in [0.3, 0.4) is 0 Å². The minimum absolute atomic E-state index is 0.204. The fourth-order valence-electron chi connectivity index (χ4n) is 3.10. The maximum Gasteiger partial charge on any atom is 0.275 e. The van der Waals surface area contributed by atoms with Gasteiger partial charge in [0.2, 0.25) is 0 Å². The zero-order valence-corrected chi connectivity index (χ0v) is 16.0. The molecule has 0 fully saturated rings. The van der Waals surface area contributed by atoms with Gasteiger partial charge in [-0.15, -0.1) is 10.2 Å². The third-order valence-electron chi connectivity index (χ3n) is 4.58. The van der Waals surface area contributed by atoms with Crippen LogP contribution in [-0.4, -0.2) is 35.2 Å². The number of carbonyl (C=O) groups is 1. The zero-order chi connectivity index (χ0) is 19.7. The second-order valence-corrected chi connectivity index (χ2v) is 6.75. The topological polar surface area (TPSA) is 90.5 Å². The number of aryl methyl sites for hydroxylation is 1.